The van der Waals surface area contributed by atoms with Crippen molar-refractivity contribution in [1.82, 2.24) is 4.57 Å². The number of nitrogens with two attached hydrogens (primary N) is 1. The van der Waals surface area contributed by atoms with Gasteiger partial charge in [-0.15, -0.1) is 0 Å². The fourth-order valence-corrected chi connectivity index (χ4v) is 4.48. The van der Waals surface area contributed by atoms with Gasteiger partial charge in [-0.25, -0.2) is 4.39 Å². The zero-order valence-corrected chi connectivity index (χ0v) is 20.3. The molecule has 5 heteroatoms. The standard InChI is InChI=1S/C31H29FN2O2/c1-35-26-13-11-25(12-14-26)31-30(32)28-19-27(36-21-24-5-3-2-4-6-24)15-16-29(28)34(31)20-23-9-7-22(8-10-23)17-18-33/h2-16,19H,17-18,20-21,33H2,1H3. The highest BCUT2D eigenvalue weighted by molar-refractivity contribution is 5.89. The van der Waals surface area contributed by atoms with Gasteiger partial charge in [0.25, 0.3) is 0 Å². The second-order valence-corrected chi connectivity index (χ2v) is 8.79. The summed E-state index contributed by atoms with van der Waals surface area (Å²) in [5.74, 6) is 1.10. The third-order valence-corrected chi connectivity index (χ3v) is 6.38. The van der Waals surface area contributed by atoms with E-state index in [9.17, 15) is 0 Å². The summed E-state index contributed by atoms with van der Waals surface area (Å²) < 4.78 is 29.4. The summed E-state index contributed by atoms with van der Waals surface area (Å²) in [6, 6.07) is 31.4. The van der Waals surface area contributed by atoms with Crippen LogP contribution in [0.15, 0.2) is 97.1 Å². The molecule has 4 aromatic carbocycles. The van der Waals surface area contributed by atoms with E-state index in [2.05, 4.69) is 24.3 Å². The number of hydrogen-bond acceptors (Lipinski definition) is 3. The highest BCUT2D eigenvalue weighted by Gasteiger charge is 2.20. The molecule has 0 aliphatic heterocycles. The summed E-state index contributed by atoms with van der Waals surface area (Å²) in [4.78, 5) is 0. The maximum atomic E-state index is 16.0. The number of nitrogens with zero attached hydrogens (tertiary/aromatic N) is 1. The molecule has 0 radical (unpaired) electrons. The molecule has 5 rings (SSSR count). The Balaban J connectivity index is 1.54. The lowest BCUT2D eigenvalue weighted by atomic mass is 10.1. The molecule has 4 nitrogen and oxygen atoms in total. The van der Waals surface area contributed by atoms with E-state index in [1.807, 2.05) is 71.3 Å². The van der Waals surface area contributed by atoms with Crippen molar-refractivity contribution >= 4 is 10.9 Å². The minimum absolute atomic E-state index is 0.264. The van der Waals surface area contributed by atoms with Crippen LogP contribution in [0.2, 0.25) is 0 Å². The van der Waals surface area contributed by atoms with Crippen LogP contribution in [0.3, 0.4) is 0 Å². The molecule has 0 fully saturated rings. The molecule has 0 atom stereocenters. The second-order valence-electron chi connectivity index (χ2n) is 8.79. The number of ether oxygens (including phenoxy) is 2. The predicted molar refractivity (Wildman–Crippen MR) is 143 cm³/mol. The van der Waals surface area contributed by atoms with Crippen molar-refractivity contribution < 1.29 is 13.9 Å². The summed E-state index contributed by atoms with van der Waals surface area (Å²) in [6.07, 6.45) is 0.838. The number of rotatable bonds is 9. The van der Waals surface area contributed by atoms with Gasteiger partial charge in [0.2, 0.25) is 0 Å². The summed E-state index contributed by atoms with van der Waals surface area (Å²) in [7, 11) is 1.62. The summed E-state index contributed by atoms with van der Waals surface area (Å²) >= 11 is 0. The van der Waals surface area contributed by atoms with Gasteiger partial charge in [-0.1, -0.05) is 54.6 Å². The number of hydrogen-bond donors (Lipinski definition) is 1. The number of benzene rings is 4. The van der Waals surface area contributed by atoms with Crippen molar-refractivity contribution in [3.63, 3.8) is 0 Å². The highest BCUT2D eigenvalue weighted by Crippen LogP contribution is 2.36. The van der Waals surface area contributed by atoms with Gasteiger partial charge in [0.15, 0.2) is 5.82 Å². The molecule has 0 amide bonds. The van der Waals surface area contributed by atoms with E-state index in [1.165, 1.54) is 5.56 Å². The second kappa shape index (κ2) is 10.7. The first-order chi connectivity index (χ1) is 17.7. The molecule has 5 aromatic rings. The Labute approximate surface area is 210 Å². The van der Waals surface area contributed by atoms with Gasteiger partial charge in [-0.2, -0.15) is 0 Å². The molecular formula is C31H29FN2O2. The molecule has 36 heavy (non-hydrogen) atoms. The van der Waals surface area contributed by atoms with Crippen LogP contribution in [0.1, 0.15) is 16.7 Å². The SMILES string of the molecule is COc1ccc(-c2c(F)c3cc(OCc4ccccc4)ccc3n2Cc2ccc(CCN)cc2)cc1. The molecule has 0 bridgehead atoms. The summed E-state index contributed by atoms with van der Waals surface area (Å²) in [6.45, 7) is 1.58. The normalized spacial score (nSPS) is 11.1. The maximum Gasteiger partial charge on any atom is 0.156 e. The quantitative estimate of drug-likeness (QED) is 0.259. The Hall–Kier alpha value is -4.09. The maximum absolute atomic E-state index is 16.0. The minimum Gasteiger partial charge on any atom is -0.497 e. The van der Waals surface area contributed by atoms with Crippen LogP contribution in [0.4, 0.5) is 4.39 Å². The zero-order valence-electron chi connectivity index (χ0n) is 20.3. The Morgan fingerprint density at radius 1 is 0.778 bits per heavy atom. The van der Waals surface area contributed by atoms with Crippen LogP contribution in [-0.2, 0) is 19.6 Å². The van der Waals surface area contributed by atoms with Crippen molar-refractivity contribution in [3.05, 3.63) is 120 Å². The first-order valence-corrected chi connectivity index (χ1v) is 12.1. The molecule has 0 saturated carbocycles. The highest BCUT2D eigenvalue weighted by atomic mass is 19.1. The fraction of sp³-hybridized carbons (Fsp3) is 0.161. The smallest absolute Gasteiger partial charge is 0.156 e. The largest absolute Gasteiger partial charge is 0.497 e. The van der Waals surface area contributed by atoms with E-state index < -0.39 is 0 Å². The Morgan fingerprint density at radius 2 is 1.47 bits per heavy atom. The Kier molecular flexibility index (Phi) is 7.01. The molecule has 0 spiro atoms. The lowest BCUT2D eigenvalue weighted by Crippen LogP contribution is -2.04. The average molecular weight is 481 g/mol. The predicted octanol–water partition coefficient (Wildman–Crippen LogP) is 6.58. The third-order valence-electron chi connectivity index (χ3n) is 6.38. The molecule has 0 aliphatic rings. The van der Waals surface area contributed by atoms with E-state index in [0.717, 1.165) is 34.4 Å². The van der Waals surface area contributed by atoms with Crippen LogP contribution in [0, 0.1) is 5.82 Å². The molecule has 2 N–H and O–H groups in total. The van der Waals surface area contributed by atoms with Gasteiger partial charge in [-0.3, -0.25) is 0 Å². The number of halogens is 1. The Morgan fingerprint density at radius 3 is 2.17 bits per heavy atom. The molecule has 1 aromatic heterocycles. The van der Waals surface area contributed by atoms with Gasteiger partial charge in [0.1, 0.15) is 18.1 Å². The van der Waals surface area contributed by atoms with Gasteiger partial charge in [0, 0.05) is 17.5 Å². The third kappa shape index (κ3) is 4.97. The monoisotopic (exact) mass is 480 g/mol. The van der Waals surface area contributed by atoms with Crippen LogP contribution in [0.5, 0.6) is 11.5 Å². The Bertz CT molecular complexity index is 1440. The minimum atomic E-state index is -0.264. The van der Waals surface area contributed by atoms with Gasteiger partial charge in [-0.05, 0) is 72.1 Å². The molecule has 1 heterocycles. The van der Waals surface area contributed by atoms with Crippen LogP contribution in [-0.4, -0.2) is 18.2 Å². The van der Waals surface area contributed by atoms with Gasteiger partial charge in [0.05, 0.1) is 18.3 Å². The molecule has 182 valence electrons. The molecule has 0 unspecified atom stereocenters. The number of fused-ring (bicyclic) bond motifs is 1. The molecular weight excluding hydrogens is 451 g/mol. The van der Waals surface area contributed by atoms with Crippen molar-refractivity contribution in [2.75, 3.05) is 13.7 Å². The number of aromatic nitrogens is 1. The lowest BCUT2D eigenvalue weighted by Gasteiger charge is -2.13. The van der Waals surface area contributed by atoms with E-state index in [-0.39, 0.29) is 5.82 Å². The zero-order chi connectivity index (χ0) is 24.9. The average Bonchev–Trinajstić information content (AvgIpc) is 3.20. The summed E-state index contributed by atoms with van der Waals surface area (Å²) in [5, 5.41) is 0.533. The van der Waals surface area contributed by atoms with E-state index in [4.69, 9.17) is 15.2 Å². The first-order valence-electron chi connectivity index (χ1n) is 12.1. The van der Waals surface area contributed by atoms with Crippen molar-refractivity contribution in [3.8, 4) is 22.8 Å². The van der Waals surface area contributed by atoms with Crippen LogP contribution in [0.25, 0.3) is 22.2 Å². The topological polar surface area (TPSA) is 49.4 Å². The van der Waals surface area contributed by atoms with Crippen LogP contribution >= 0.6 is 0 Å². The van der Waals surface area contributed by atoms with E-state index in [0.29, 0.717) is 36.5 Å². The lowest BCUT2D eigenvalue weighted by molar-refractivity contribution is 0.306. The van der Waals surface area contributed by atoms with Crippen LogP contribution < -0.4 is 15.2 Å². The van der Waals surface area contributed by atoms with Crippen molar-refractivity contribution in [2.24, 2.45) is 5.73 Å². The summed E-state index contributed by atoms with van der Waals surface area (Å²) in [5.41, 5.74) is 11.2. The van der Waals surface area contributed by atoms with E-state index >= 15 is 4.39 Å². The van der Waals surface area contributed by atoms with Gasteiger partial charge >= 0.3 is 0 Å². The number of methoxy groups -OCH3 is 1. The fourth-order valence-electron chi connectivity index (χ4n) is 4.48. The molecule has 0 saturated heterocycles. The van der Waals surface area contributed by atoms with Gasteiger partial charge < -0.3 is 19.8 Å². The van der Waals surface area contributed by atoms with E-state index in [1.54, 1.807) is 13.2 Å². The first kappa shape index (κ1) is 23.6. The van der Waals surface area contributed by atoms with Crippen molar-refractivity contribution in [2.45, 2.75) is 19.6 Å². The molecule has 0 aliphatic carbocycles. The van der Waals surface area contributed by atoms with Crippen molar-refractivity contribution in [1.29, 1.82) is 0 Å².